The van der Waals surface area contributed by atoms with E-state index in [1.165, 1.54) is 9.13 Å². The molecule has 0 saturated carbocycles. The Labute approximate surface area is 171 Å². The fourth-order valence-corrected chi connectivity index (χ4v) is 3.46. The summed E-state index contributed by atoms with van der Waals surface area (Å²) in [5.74, 6) is 0.0223. The zero-order valence-electron chi connectivity index (χ0n) is 16.5. The van der Waals surface area contributed by atoms with Crippen LogP contribution in [-0.2, 0) is 22.6 Å². The lowest BCUT2D eigenvalue weighted by atomic mass is 10.1. The molecule has 154 valence electrons. The summed E-state index contributed by atoms with van der Waals surface area (Å²) in [6, 6.07) is 0. The number of rotatable bonds is 6. The molecule has 10 nitrogen and oxygen atoms in total. The van der Waals surface area contributed by atoms with E-state index in [1.54, 1.807) is 20.2 Å². The number of methoxy groups -OCH3 is 1. The molecule has 3 heterocycles. The summed E-state index contributed by atoms with van der Waals surface area (Å²) < 4.78 is 12.9. The standard InChI is InChI=1S/C18H21ClN6O4/c1-5-29-12(26)8-24-13-15(19)22-17(20)23-16(13)25(18(24)27)7-11-10(3)14(28-4)9(2)6-21-11/h6H,5,7-8H2,1-4H3,(H2,20,22,23). The maximum atomic E-state index is 13.1. The maximum absolute atomic E-state index is 13.1. The van der Waals surface area contributed by atoms with Crippen molar-refractivity contribution in [2.75, 3.05) is 19.5 Å². The minimum atomic E-state index is -0.576. The van der Waals surface area contributed by atoms with E-state index < -0.39 is 11.7 Å². The van der Waals surface area contributed by atoms with E-state index in [0.29, 0.717) is 11.4 Å². The molecule has 0 radical (unpaired) electrons. The summed E-state index contributed by atoms with van der Waals surface area (Å²) in [6.07, 6.45) is 1.67. The van der Waals surface area contributed by atoms with Crippen molar-refractivity contribution in [2.45, 2.75) is 33.9 Å². The smallest absolute Gasteiger partial charge is 0.331 e. The Morgan fingerprint density at radius 1 is 1.28 bits per heavy atom. The highest BCUT2D eigenvalue weighted by atomic mass is 35.5. The highest BCUT2D eigenvalue weighted by Crippen LogP contribution is 2.26. The number of hydrogen-bond donors (Lipinski definition) is 1. The third-order valence-corrected chi connectivity index (χ3v) is 4.74. The summed E-state index contributed by atoms with van der Waals surface area (Å²) in [5.41, 5.74) is 7.91. The number of fused-ring (bicyclic) bond motifs is 1. The number of anilines is 1. The van der Waals surface area contributed by atoms with Crippen molar-refractivity contribution in [3.63, 3.8) is 0 Å². The molecule has 0 spiro atoms. The second kappa shape index (κ2) is 8.08. The van der Waals surface area contributed by atoms with E-state index >= 15 is 0 Å². The number of nitrogens with two attached hydrogens (primary N) is 1. The Morgan fingerprint density at radius 3 is 2.66 bits per heavy atom. The first kappa shape index (κ1) is 20.6. The molecule has 2 N–H and O–H groups in total. The van der Waals surface area contributed by atoms with Crippen molar-refractivity contribution >= 4 is 34.7 Å². The summed E-state index contributed by atoms with van der Waals surface area (Å²) in [6.45, 7) is 5.36. The lowest BCUT2D eigenvalue weighted by Crippen LogP contribution is -2.28. The van der Waals surface area contributed by atoms with Gasteiger partial charge in [0, 0.05) is 17.3 Å². The van der Waals surface area contributed by atoms with Gasteiger partial charge >= 0.3 is 11.7 Å². The first-order valence-electron chi connectivity index (χ1n) is 8.85. The Morgan fingerprint density at radius 2 is 2.00 bits per heavy atom. The van der Waals surface area contributed by atoms with Crippen LogP contribution in [0.2, 0.25) is 5.15 Å². The van der Waals surface area contributed by atoms with Crippen molar-refractivity contribution in [3.05, 3.63) is 38.7 Å². The van der Waals surface area contributed by atoms with Gasteiger partial charge in [0.15, 0.2) is 10.8 Å². The van der Waals surface area contributed by atoms with Gasteiger partial charge in [0.2, 0.25) is 5.95 Å². The molecule has 3 aromatic heterocycles. The van der Waals surface area contributed by atoms with E-state index in [2.05, 4.69) is 15.0 Å². The average Bonchev–Trinajstić information content (AvgIpc) is 2.90. The molecule has 3 aromatic rings. The normalized spacial score (nSPS) is 11.1. The summed E-state index contributed by atoms with van der Waals surface area (Å²) >= 11 is 6.22. The fourth-order valence-electron chi connectivity index (χ4n) is 3.19. The molecule has 0 bridgehead atoms. The van der Waals surface area contributed by atoms with E-state index in [9.17, 15) is 9.59 Å². The van der Waals surface area contributed by atoms with Gasteiger partial charge in [0.1, 0.15) is 17.8 Å². The topological polar surface area (TPSA) is 127 Å². The van der Waals surface area contributed by atoms with E-state index in [0.717, 1.165) is 11.1 Å². The molecule has 11 heteroatoms. The molecular weight excluding hydrogens is 400 g/mol. The van der Waals surface area contributed by atoms with Crippen molar-refractivity contribution < 1.29 is 14.3 Å². The number of aryl methyl sites for hydroxylation is 1. The Kier molecular flexibility index (Phi) is 5.73. The first-order chi connectivity index (χ1) is 13.8. The summed E-state index contributed by atoms with van der Waals surface area (Å²) in [4.78, 5) is 37.6. The molecule has 0 aromatic carbocycles. The van der Waals surface area contributed by atoms with Gasteiger partial charge < -0.3 is 15.2 Å². The first-order valence-corrected chi connectivity index (χ1v) is 9.23. The zero-order valence-corrected chi connectivity index (χ0v) is 17.3. The number of hydrogen-bond acceptors (Lipinski definition) is 8. The van der Waals surface area contributed by atoms with Gasteiger partial charge in [-0.1, -0.05) is 11.6 Å². The van der Waals surface area contributed by atoms with Crippen molar-refractivity contribution in [1.29, 1.82) is 0 Å². The molecule has 29 heavy (non-hydrogen) atoms. The second-order valence-corrected chi connectivity index (χ2v) is 6.71. The van der Waals surface area contributed by atoms with Crippen LogP contribution < -0.4 is 16.2 Å². The number of carbonyl (C=O) groups excluding carboxylic acids is 1. The van der Waals surface area contributed by atoms with Gasteiger partial charge in [-0.3, -0.25) is 18.9 Å². The van der Waals surface area contributed by atoms with Crippen LogP contribution in [0.1, 0.15) is 23.7 Å². The van der Waals surface area contributed by atoms with Crippen LogP contribution in [0, 0.1) is 13.8 Å². The van der Waals surface area contributed by atoms with E-state index in [-0.39, 0.29) is 42.0 Å². The monoisotopic (exact) mass is 420 g/mol. The fraction of sp³-hybridized carbons (Fsp3) is 0.389. The summed E-state index contributed by atoms with van der Waals surface area (Å²) in [7, 11) is 1.57. The minimum absolute atomic E-state index is 0.0289. The lowest BCUT2D eigenvalue weighted by molar-refractivity contribution is -0.143. The number of nitrogen functional groups attached to an aromatic ring is 1. The van der Waals surface area contributed by atoms with Gasteiger partial charge in [-0.15, -0.1) is 0 Å². The molecular formula is C18H21ClN6O4. The predicted molar refractivity (Wildman–Crippen MR) is 107 cm³/mol. The number of nitrogens with zero attached hydrogens (tertiary/aromatic N) is 5. The van der Waals surface area contributed by atoms with Crippen LogP contribution in [0.3, 0.4) is 0 Å². The van der Waals surface area contributed by atoms with Gasteiger partial charge in [-0.25, -0.2) is 4.79 Å². The third kappa shape index (κ3) is 3.75. The van der Waals surface area contributed by atoms with Crippen LogP contribution in [0.15, 0.2) is 11.0 Å². The lowest BCUT2D eigenvalue weighted by Gasteiger charge is -2.12. The molecule has 0 amide bonds. The van der Waals surface area contributed by atoms with Crippen LogP contribution >= 0.6 is 11.6 Å². The molecule has 0 atom stereocenters. The van der Waals surface area contributed by atoms with Crippen LogP contribution in [-0.4, -0.2) is 43.8 Å². The van der Waals surface area contributed by atoms with E-state index in [1.807, 2.05) is 13.8 Å². The Balaban J connectivity index is 2.20. The Hall–Kier alpha value is -3.14. The highest BCUT2D eigenvalue weighted by molar-refractivity contribution is 6.33. The summed E-state index contributed by atoms with van der Waals surface area (Å²) in [5, 5.41) is -0.0289. The van der Waals surface area contributed by atoms with Gasteiger partial charge in [-0.2, -0.15) is 9.97 Å². The number of aromatic nitrogens is 5. The number of halogens is 1. The number of imidazole rings is 1. The number of esters is 1. The molecule has 0 saturated heterocycles. The molecule has 0 aliphatic rings. The van der Waals surface area contributed by atoms with Crippen LogP contribution in [0.25, 0.3) is 11.2 Å². The molecule has 0 aliphatic heterocycles. The predicted octanol–water partition coefficient (Wildman–Crippen LogP) is 1.46. The van der Waals surface area contributed by atoms with Crippen molar-refractivity contribution in [3.8, 4) is 5.75 Å². The van der Waals surface area contributed by atoms with Crippen molar-refractivity contribution in [2.24, 2.45) is 0 Å². The molecule has 3 rings (SSSR count). The largest absolute Gasteiger partial charge is 0.496 e. The van der Waals surface area contributed by atoms with Gasteiger partial charge in [0.05, 0.1) is 26.0 Å². The average molecular weight is 421 g/mol. The highest BCUT2D eigenvalue weighted by Gasteiger charge is 2.22. The maximum Gasteiger partial charge on any atom is 0.331 e. The zero-order chi connectivity index (χ0) is 21.3. The number of ether oxygens (including phenoxy) is 2. The molecule has 0 fully saturated rings. The van der Waals surface area contributed by atoms with E-state index in [4.69, 9.17) is 26.8 Å². The van der Waals surface area contributed by atoms with Crippen LogP contribution in [0.4, 0.5) is 5.95 Å². The third-order valence-electron chi connectivity index (χ3n) is 4.48. The van der Waals surface area contributed by atoms with Gasteiger partial charge in [0.25, 0.3) is 0 Å². The number of carbonyl (C=O) groups is 1. The second-order valence-electron chi connectivity index (χ2n) is 6.35. The SMILES string of the molecule is CCOC(=O)Cn1c(=O)n(Cc2ncc(C)c(OC)c2C)c2nc(N)nc(Cl)c21. The Bertz CT molecular complexity index is 1150. The van der Waals surface area contributed by atoms with Gasteiger partial charge in [-0.05, 0) is 20.8 Å². The van der Waals surface area contributed by atoms with Crippen LogP contribution in [0.5, 0.6) is 5.75 Å². The minimum Gasteiger partial charge on any atom is -0.496 e. The quantitative estimate of drug-likeness (QED) is 0.469. The molecule has 0 aliphatic carbocycles. The molecule has 0 unspecified atom stereocenters. The number of pyridine rings is 1. The van der Waals surface area contributed by atoms with Crippen molar-refractivity contribution in [1.82, 2.24) is 24.1 Å².